The van der Waals surface area contributed by atoms with Crippen LogP contribution >= 0.6 is 0 Å². The van der Waals surface area contributed by atoms with E-state index in [2.05, 4.69) is 21.3 Å². The van der Waals surface area contributed by atoms with Crippen LogP contribution < -0.4 is 16.0 Å². The lowest BCUT2D eigenvalue weighted by molar-refractivity contribution is 0.587. The third kappa shape index (κ3) is 1.86. The SMILES string of the molecule is NCc1ncccc1N1CCNCC1. The number of nitrogens with zero attached hydrogens (tertiary/aromatic N) is 2. The van der Waals surface area contributed by atoms with Crippen LogP contribution in [0.15, 0.2) is 18.3 Å². The Morgan fingerprint density at radius 3 is 2.93 bits per heavy atom. The van der Waals surface area contributed by atoms with Gasteiger partial charge in [0.05, 0.1) is 11.4 Å². The molecule has 0 aromatic carbocycles. The van der Waals surface area contributed by atoms with Gasteiger partial charge in [0.1, 0.15) is 0 Å². The summed E-state index contributed by atoms with van der Waals surface area (Å²) in [6.45, 7) is 4.68. The van der Waals surface area contributed by atoms with Crippen molar-refractivity contribution < 1.29 is 0 Å². The standard InChI is InChI=1S/C10H16N4/c11-8-9-10(2-1-3-13-9)14-6-4-12-5-7-14/h1-3,12H,4-8,11H2. The Balaban J connectivity index is 2.20. The summed E-state index contributed by atoms with van der Waals surface area (Å²) in [5, 5.41) is 3.33. The van der Waals surface area contributed by atoms with E-state index in [0.717, 1.165) is 31.9 Å². The fourth-order valence-corrected chi connectivity index (χ4v) is 1.78. The van der Waals surface area contributed by atoms with E-state index < -0.39 is 0 Å². The van der Waals surface area contributed by atoms with E-state index in [4.69, 9.17) is 5.73 Å². The topological polar surface area (TPSA) is 54.2 Å². The van der Waals surface area contributed by atoms with Crippen LogP contribution in [0.4, 0.5) is 5.69 Å². The smallest absolute Gasteiger partial charge is 0.0772 e. The zero-order chi connectivity index (χ0) is 9.80. The summed E-state index contributed by atoms with van der Waals surface area (Å²) in [6, 6.07) is 4.07. The Hall–Kier alpha value is -1.13. The summed E-state index contributed by atoms with van der Waals surface area (Å²) in [7, 11) is 0. The maximum absolute atomic E-state index is 5.65. The summed E-state index contributed by atoms with van der Waals surface area (Å²) >= 11 is 0. The Kier molecular flexibility index (Phi) is 2.96. The molecular weight excluding hydrogens is 176 g/mol. The number of nitrogens with one attached hydrogen (secondary N) is 1. The van der Waals surface area contributed by atoms with Gasteiger partial charge in [-0.3, -0.25) is 4.98 Å². The third-order valence-electron chi connectivity index (χ3n) is 2.52. The van der Waals surface area contributed by atoms with Gasteiger partial charge in [-0.15, -0.1) is 0 Å². The lowest BCUT2D eigenvalue weighted by Crippen LogP contribution is -2.44. The van der Waals surface area contributed by atoms with Crippen LogP contribution in [-0.2, 0) is 6.54 Å². The molecule has 0 unspecified atom stereocenters. The van der Waals surface area contributed by atoms with E-state index in [0.29, 0.717) is 6.54 Å². The van der Waals surface area contributed by atoms with Crippen LogP contribution in [0, 0.1) is 0 Å². The number of hydrogen-bond donors (Lipinski definition) is 2. The van der Waals surface area contributed by atoms with Crippen molar-refractivity contribution in [3.8, 4) is 0 Å². The molecule has 2 heterocycles. The van der Waals surface area contributed by atoms with Crippen LogP contribution in [0.1, 0.15) is 5.69 Å². The van der Waals surface area contributed by atoms with Gasteiger partial charge in [0, 0.05) is 38.9 Å². The lowest BCUT2D eigenvalue weighted by atomic mass is 10.2. The van der Waals surface area contributed by atoms with Gasteiger partial charge in [-0.2, -0.15) is 0 Å². The molecule has 2 rings (SSSR count). The minimum absolute atomic E-state index is 0.514. The second kappa shape index (κ2) is 4.39. The van der Waals surface area contributed by atoms with Crippen LogP contribution in [0.2, 0.25) is 0 Å². The van der Waals surface area contributed by atoms with Gasteiger partial charge in [0.2, 0.25) is 0 Å². The van der Waals surface area contributed by atoms with Crippen molar-refractivity contribution in [2.75, 3.05) is 31.1 Å². The first-order valence-corrected chi connectivity index (χ1v) is 5.01. The minimum Gasteiger partial charge on any atom is -0.367 e. The number of anilines is 1. The molecule has 4 heteroatoms. The number of pyridine rings is 1. The fraction of sp³-hybridized carbons (Fsp3) is 0.500. The molecule has 0 spiro atoms. The molecule has 0 aliphatic carbocycles. The van der Waals surface area contributed by atoms with Crippen molar-refractivity contribution in [3.63, 3.8) is 0 Å². The summed E-state index contributed by atoms with van der Waals surface area (Å²) < 4.78 is 0. The van der Waals surface area contributed by atoms with Gasteiger partial charge in [-0.25, -0.2) is 0 Å². The quantitative estimate of drug-likeness (QED) is 0.690. The Morgan fingerprint density at radius 1 is 1.43 bits per heavy atom. The fourth-order valence-electron chi connectivity index (χ4n) is 1.78. The van der Waals surface area contributed by atoms with Crippen molar-refractivity contribution in [2.45, 2.75) is 6.54 Å². The van der Waals surface area contributed by atoms with Crippen LogP contribution in [-0.4, -0.2) is 31.2 Å². The molecular formula is C10H16N4. The molecule has 0 bridgehead atoms. The molecule has 1 aromatic rings. The van der Waals surface area contributed by atoms with E-state index >= 15 is 0 Å². The van der Waals surface area contributed by atoms with E-state index in [1.807, 2.05) is 6.07 Å². The first-order valence-electron chi connectivity index (χ1n) is 5.01. The van der Waals surface area contributed by atoms with Gasteiger partial charge in [0.15, 0.2) is 0 Å². The van der Waals surface area contributed by atoms with Crippen molar-refractivity contribution in [1.82, 2.24) is 10.3 Å². The Morgan fingerprint density at radius 2 is 2.21 bits per heavy atom. The summed E-state index contributed by atoms with van der Waals surface area (Å²) in [6.07, 6.45) is 1.80. The number of hydrogen-bond acceptors (Lipinski definition) is 4. The second-order valence-corrected chi connectivity index (χ2v) is 3.41. The van der Waals surface area contributed by atoms with Gasteiger partial charge >= 0.3 is 0 Å². The van der Waals surface area contributed by atoms with Gasteiger partial charge in [0.25, 0.3) is 0 Å². The normalized spacial score (nSPS) is 17.1. The first kappa shape index (κ1) is 9.43. The van der Waals surface area contributed by atoms with E-state index in [1.54, 1.807) is 6.20 Å². The molecule has 0 saturated carbocycles. The molecule has 1 saturated heterocycles. The zero-order valence-corrected chi connectivity index (χ0v) is 8.24. The molecule has 0 atom stereocenters. The molecule has 3 N–H and O–H groups in total. The Bertz CT molecular complexity index is 294. The van der Waals surface area contributed by atoms with Crippen molar-refractivity contribution in [3.05, 3.63) is 24.0 Å². The number of rotatable bonds is 2. The highest BCUT2D eigenvalue weighted by Gasteiger charge is 2.13. The van der Waals surface area contributed by atoms with E-state index in [1.165, 1.54) is 5.69 Å². The predicted molar refractivity (Wildman–Crippen MR) is 57.2 cm³/mol. The molecule has 0 radical (unpaired) electrons. The van der Waals surface area contributed by atoms with E-state index in [9.17, 15) is 0 Å². The maximum Gasteiger partial charge on any atom is 0.0772 e. The zero-order valence-electron chi connectivity index (χ0n) is 8.24. The summed E-state index contributed by atoms with van der Waals surface area (Å²) in [4.78, 5) is 6.62. The summed E-state index contributed by atoms with van der Waals surface area (Å²) in [5.74, 6) is 0. The second-order valence-electron chi connectivity index (χ2n) is 3.41. The molecule has 4 nitrogen and oxygen atoms in total. The lowest BCUT2D eigenvalue weighted by Gasteiger charge is -2.30. The van der Waals surface area contributed by atoms with E-state index in [-0.39, 0.29) is 0 Å². The van der Waals surface area contributed by atoms with Crippen LogP contribution in [0.5, 0.6) is 0 Å². The predicted octanol–water partition coefficient (Wildman–Crippen LogP) is -0.0501. The average molecular weight is 192 g/mol. The maximum atomic E-state index is 5.65. The molecule has 1 aromatic heterocycles. The minimum atomic E-state index is 0.514. The average Bonchev–Trinajstić information content (AvgIpc) is 2.30. The molecule has 1 aliphatic heterocycles. The number of piperazine rings is 1. The van der Waals surface area contributed by atoms with Crippen molar-refractivity contribution in [2.24, 2.45) is 5.73 Å². The number of aromatic nitrogens is 1. The first-order chi connectivity index (χ1) is 6.92. The largest absolute Gasteiger partial charge is 0.367 e. The molecule has 0 amide bonds. The van der Waals surface area contributed by atoms with Crippen molar-refractivity contribution >= 4 is 5.69 Å². The van der Waals surface area contributed by atoms with Gasteiger partial charge < -0.3 is 16.0 Å². The van der Waals surface area contributed by atoms with Gasteiger partial charge in [-0.05, 0) is 12.1 Å². The van der Waals surface area contributed by atoms with Crippen LogP contribution in [0.25, 0.3) is 0 Å². The van der Waals surface area contributed by atoms with Crippen LogP contribution in [0.3, 0.4) is 0 Å². The molecule has 76 valence electrons. The molecule has 1 fully saturated rings. The highest BCUT2D eigenvalue weighted by atomic mass is 15.2. The highest BCUT2D eigenvalue weighted by Crippen LogP contribution is 2.17. The Labute approximate surface area is 84.1 Å². The van der Waals surface area contributed by atoms with Crippen molar-refractivity contribution in [1.29, 1.82) is 0 Å². The summed E-state index contributed by atoms with van der Waals surface area (Å²) in [5.41, 5.74) is 7.84. The third-order valence-corrected chi connectivity index (χ3v) is 2.52. The molecule has 14 heavy (non-hydrogen) atoms. The number of nitrogens with two attached hydrogens (primary N) is 1. The van der Waals surface area contributed by atoms with Gasteiger partial charge in [-0.1, -0.05) is 0 Å². The highest BCUT2D eigenvalue weighted by molar-refractivity contribution is 5.50. The monoisotopic (exact) mass is 192 g/mol. The molecule has 1 aliphatic rings.